The highest BCUT2D eigenvalue weighted by atomic mass is 16.5. The van der Waals surface area contributed by atoms with Gasteiger partial charge in [-0.25, -0.2) is 0 Å². The normalized spacial score (nSPS) is 11.0. The van der Waals surface area contributed by atoms with Crippen molar-refractivity contribution in [3.8, 4) is 11.5 Å². The number of aromatic amines is 1. The summed E-state index contributed by atoms with van der Waals surface area (Å²) in [4.78, 5) is 15.3. The molecule has 1 amide bonds. The van der Waals surface area contributed by atoms with Gasteiger partial charge in [-0.15, -0.1) is 0 Å². The van der Waals surface area contributed by atoms with Gasteiger partial charge in [-0.2, -0.15) is 0 Å². The van der Waals surface area contributed by atoms with Crippen LogP contribution in [0.3, 0.4) is 0 Å². The number of rotatable bonds is 7. The third-order valence-corrected chi connectivity index (χ3v) is 4.22. The van der Waals surface area contributed by atoms with Crippen molar-refractivity contribution in [1.82, 2.24) is 10.3 Å². The number of fused-ring (bicyclic) bond motifs is 1. The van der Waals surface area contributed by atoms with E-state index in [1.165, 1.54) is 6.08 Å². The maximum absolute atomic E-state index is 12.0. The van der Waals surface area contributed by atoms with Gasteiger partial charge in [0, 0.05) is 41.4 Å². The molecule has 0 atom stereocenters. The summed E-state index contributed by atoms with van der Waals surface area (Å²) in [5.41, 5.74) is 3.06. The van der Waals surface area contributed by atoms with E-state index in [1.807, 2.05) is 48.7 Å². The van der Waals surface area contributed by atoms with Crippen molar-refractivity contribution < 1.29 is 14.3 Å². The van der Waals surface area contributed by atoms with Crippen LogP contribution in [0.5, 0.6) is 11.5 Å². The zero-order valence-electron chi connectivity index (χ0n) is 14.9. The molecule has 0 spiro atoms. The molecule has 0 unspecified atom stereocenters. The van der Waals surface area contributed by atoms with E-state index in [0.29, 0.717) is 6.54 Å². The highest BCUT2D eigenvalue weighted by molar-refractivity contribution is 5.92. The predicted molar refractivity (Wildman–Crippen MR) is 104 cm³/mol. The summed E-state index contributed by atoms with van der Waals surface area (Å²) in [6.45, 7) is 0.564. The van der Waals surface area contributed by atoms with Gasteiger partial charge in [0.05, 0.1) is 14.2 Å². The summed E-state index contributed by atoms with van der Waals surface area (Å²) in [6.07, 6.45) is 6.01. The number of para-hydroxylation sites is 1. The van der Waals surface area contributed by atoms with Crippen LogP contribution in [0.2, 0.25) is 0 Å². The minimum atomic E-state index is -0.127. The lowest BCUT2D eigenvalue weighted by atomic mass is 10.1. The van der Waals surface area contributed by atoms with Gasteiger partial charge < -0.3 is 19.8 Å². The highest BCUT2D eigenvalue weighted by Crippen LogP contribution is 2.23. The van der Waals surface area contributed by atoms with Crippen LogP contribution in [0.15, 0.2) is 54.7 Å². The van der Waals surface area contributed by atoms with Crippen molar-refractivity contribution in [3.05, 3.63) is 65.9 Å². The molecule has 5 nitrogen and oxygen atoms in total. The van der Waals surface area contributed by atoms with Gasteiger partial charge in [0.15, 0.2) is 0 Å². The third kappa shape index (κ3) is 4.06. The standard InChI is InChI=1S/C21H22N2O3/c1-25-17-8-9-18-16(14-23-19(18)13-17)11-12-22-21(24)10-7-15-5-3-4-6-20(15)26-2/h3-10,13-14,23H,11-12H2,1-2H3,(H,22,24)/b10-7+. The second kappa shape index (κ2) is 8.25. The lowest BCUT2D eigenvalue weighted by molar-refractivity contribution is -0.116. The zero-order chi connectivity index (χ0) is 18.4. The maximum atomic E-state index is 12.0. The van der Waals surface area contributed by atoms with Crippen molar-refractivity contribution in [1.29, 1.82) is 0 Å². The lowest BCUT2D eigenvalue weighted by Gasteiger charge is -2.04. The minimum absolute atomic E-state index is 0.127. The smallest absolute Gasteiger partial charge is 0.244 e. The van der Waals surface area contributed by atoms with E-state index in [0.717, 1.165) is 39.9 Å². The molecule has 5 heteroatoms. The number of H-pyrrole nitrogens is 1. The second-order valence-corrected chi connectivity index (χ2v) is 5.84. The Labute approximate surface area is 152 Å². The van der Waals surface area contributed by atoms with Gasteiger partial charge in [-0.1, -0.05) is 18.2 Å². The Kier molecular flexibility index (Phi) is 5.59. The van der Waals surface area contributed by atoms with Crippen LogP contribution in [0.4, 0.5) is 0 Å². The molecular weight excluding hydrogens is 328 g/mol. The second-order valence-electron chi connectivity index (χ2n) is 5.84. The van der Waals surface area contributed by atoms with Crippen LogP contribution in [0, 0.1) is 0 Å². The van der Waals surface area contributed by atoms with Crippen molar-refractivity contribution in [2.75, 3.05) is 20.8 Å². The summed E-state index contributed by atoms with van der Waals surface area (Å²) in [6, 6.07) is 13.5. The van der Waals surface area contributed by atoms with Gasteiger partial charge in [0.25, 0.3) is 0 Å². The SMILES string of the molecule is COc1ccc2c(CCNC(=O)/C=C/c3ccccc3OC)c[nH]c2c1. The van der Waals surface area contributed by atoms with Crippen LogP contribution in [0.1, 0.15) is 11.1 Å². The van der Waals surface area contributed by atoms with Gasteiger partial charge in [-0.05, 0) is 36.3 Å². The molecule has 0 radical (unpaired) electrons. The number of nitrogens with one attached hydrogen (secondary N) is 2. The molecule has 0 bridgehead atoms. The van der Waals surface area contributed by atoms with E-state index >= 15 is 0 Å². The molecule has 0 aliphatic heterocycles. The van der Waals surface area contributed by atoms with Crippen molar-refractivity contribution in [3.63, 3.8) is 0 Å². The quantitative estimate of drug-likeness (QED) is 0.641. The number of aromatic nitrogens is 1. The average Bonchev–Trinajstić information content (AvgIpc) is 3.08. The Balaban J connectivity index is 1.56. The number of methoxy groups -OCH3 is 2. The minimum Gasteiger partial charge on any atom is -0.497 e. The van der Waals surface area contributed by atoms with Crippen molar-refractivity contribution in [2.24, 2.45) is 0 Å². The molecule has 1 heterocycles. The number of ether oxygens (including phenoxy) is 2. The fourth-order valence-electron chi connectivity index (χ4n) is 2.85. The highest BCUT2D eigenvalue weighted by Gasteiger charge is 2.05. The molecule has 3 aromatic rings. The van der Waals surface area contributed by atoms with E-state index in [2.05, 4.69) is 10.3 Å². The first-order chi connectivity index (χ1) is 12.7. The molecule has 134 valence electrons. The van der Waals surface area contributed by atoms with Crippen molar-refractivity contribution >= 4 is 22.9 Å². The summed E-state index contributed by atoms with van der Waals surface area (Å²) in [5.74, 6) is 1.43. The third-order valence-electron chi connectivity index (χ3n) is 4.22. The van der Waals surface area contributed by atoms with Crippen LogP contribution in [-0.2, 0) is 11.2 Å². The van der Waals surface area contributed by atoms with Gasteiger partial charge >= 0.3 is 0 Å². The summed E-state index contributed by atoms with van der Waals surface area (Å²) < 4.78 is 10.5. The molecular formula is C21H22N2O3. The number of benzene rings is 2. The molecule has 0 saturated carbocycles. The number of hydrogen-bond acceptors (Lipinski definition) is 3. The Morgan fingerprint density at radius 3 is 2.81 bits per heavy atom. The Morgan fingerprint density at radius 2 is 2.00 bits per heavy atom. The molecule has 0 saturated heterocycles. The van der Waals surface area contributed by atoms with Crippen LogP contribution in [-0.4, -0.2) is 31.7 Å². The Morgan fingerprint density at radius 1 is 1.15 bits per heavy atom. The van der Waals surface area contributed by atoms with E-state index in [4.69, 9.17) is 9.47 Å². The maximum Gasteiger partial charge on any atom is 0.244 e. The molecule has 3 rings (SSSR count). The number of carbonyl (C=O) groups excluding carboxylic acids is 1. The molecule has 26 heavy (non-hydrogen) atoms. The Hall–Kier alpha value is -3.21. The van der Waals surface area contributed by atoms with E-state index in [1.54, 1.807) is 20.3 Å². The number of carbonyl (C=O) groups is 1. The molecule has 0 aliphatic rings. The first-order valence-corrected chi connectivity index (χ1v) is 8.44. The van der Waals surface area contributed by atoms with Crippen molar-refractivity contribution in [2.45, 2.75) is 6.42 Å². The molecule has 1 aromatic heterocycles. The number of hydrogen-bond donors (Lipinski definition) is 2. The molecule has 0 aliphatic carbocycles. The van der Waals surface area contributed by atoms with Gasteiger partial charge in [-0.3, -0.25) is 4.79 Å². The summed E-state index contributed by atoms with van der Waals surface area (Å²) >= 11 is 0. The van der Waals surface area contributed by atoms with Gasteiger partial charge in [0.1, 0.15) is 11.5 Å². The van der Waals surface area contributed by atoms with E-state index < -0.39 is 0 Å². The summed E-state index contributed by atoms with van der Waals surface area (Å²) in [5, 5.41) is 4.05. The number of amides is 1. The van der Waals surface area contributed by atoms with E-state index in [-0.39, 0.29) is 5.91 Å². The predicted octanol–water partition coefficient (Wildman–Crippen LogP) is 3.56. The zero-order valence-corrected chi connectivity index (χ0v) is 14.9. The molecule has 2 aromatic carbocycles. The monoisotopic (exact) mass is 350 g/mol. The molecule has 2 N–H and O–H groups in total. The fraction of sp³-hybridized carbons (Fsp3) is 0.190. The first-order valence-electron chi connectivity index (χ1n) is 8.44. The first kappa shape index (κ1) is 17.6. The Bertz CT molecular complexity index is 928. The fourth-order valence-corrected chi connectivity index (χ4v) is 2.85. The summed E-state index contributed by atoms with van der Waals surface area (Å²) in [7, 11) is 3.27. The van der Waals surface area contributed by atoms with Gasteiger partial charge in [0.2, 0.25) is 5.91 Å². The topological polar surface area (TPSA) is 63.4 Å². The molecule has 0 fully saturated rings. The lowest BCUT2D eigenvalue weighted by Crippen LogP contribution is -2.23. The van der Waals surface area contributed by atoms with Crippen LogP contribution in [0.25, 0.3) is 17.0 Å². The average molecular weight is 350 g/mol. The van der Waals surface area contributed by atoms with Crippen LogP contribution < -0.4 is 14.8 Å². The van der Waals surface area contributed by atoms with E-state index in [9.17, 15) is 4.79 Å². The largest absolute Gasteiger partial charge is 0.497 e. The van der Waals surface area contributed by atoms with Crippen LogP contribution >= 0.6 is 0 Å².